The average molecular weight is 391 g/mol. The number of nitrogens with zero attached hydrogens (tertiary/aromatic N) is 3. The van der Waals surface area contributed by atoms with Crippen molar-refractivity contribution in [3.63, 3.8) is 0 Å². The Morgan fingerprint density at radius 1 is 1.14 bits per heavy atom. The molecule has 0 N–H and O–H groups in total. The van der Waals surface area contributed by atoms with Crippen molar-refractivity contribution in [1.29, 1.82) is 0 Å². The molecule has 0 radical (unpaired) electrons. The van der Waals surface area contributed by atoms with Crippen LogP contribution in [0.4, 0.5) is 0 Å². The summed E-state index contributed by atoms with van der Waals surface area (Å²) < 4.78 is 7.48. The molecule has 3 aromatic rings. The van der Waals surface area contributed by atoms with Crippen molar-refractivity contribution in [3.8, 4) is 5.75 Å². The number of hydrogen-bond acceptors (Lipinski definition) is 4. The molecule has 6 nitrogen and oxygen atoms in total. The van der Waals surface area contributed by atoms with Gasteiger partial charge in [-0.15, -0.1) is 0 Å². The van der Waals surface area contributed by atoms with Gasteiger partial charge >= 0.3 is 0 Å². The van der Waals surface area contributed by atoms with Crippen molar-refractivity contribution < 1.29 is 9.53 Å². The highest BCUT2D eigenvalue weighted by atomic mass is 16.5. The minimum absolute atomic E-state index is 0.0233. The van der Waals surface area contributed by atoms with Crippen LogP contribution < -0.4 is 10.3 Å². The van der Waals surface area contributed by atoms with Crippen LogP contribution in [0, 0.1) is 0 Å². The number of amides is 1. The van der Waals surface area contributed by atoms with Crippen LogP contribution in [0.1, 0.15) is 30.7 Å². The maximum absolute atomic E-state index is 12.9. The molecule has 29 heavy (non-hydrogen) atoms. The fourth-order valence-electron chi connectivity index (χ4n) is 3.69. The molecule has 0 fully saturated rings. The molecule has 1 aliphatic heterocycles. The smallest absolute Gasteiger partial charge is 0.261 e. The molecule has 0 atom stereocenters. The molecule has 0 aliphatic carbocycles. The van der Waals surface area contributed by atoms with Gasteiger partial charge in [-0.2, -0.15) is 0 Å². The van der Waals surface area contributed by atoms with Crippen LogP contribution in [0.2, 0.25) is 0 Å². The van der Waals surface area contributed by atoms with Crippen molar-refractivity contribution in [3.05, 3.63) is 70.3 Å². The molecule has 1 aliphatic rings. The van der Waals surface area contributed by atoms with E-state index in [1.165, 1.54) is 0 Å². The number of fused-ring (bicyclic) bond motifs is 2. The van der Waals surface area contributed by atoms with Crippen LogP contribution >= 0.6 is 0 Å². The summed E-state index contributed by atoms with van der Waals surface area (Å²) in [5.74, 6) is 1.25. The topological polar surface area (TPSA) is 64.4 Å². The van der Waals surface area contributed by atoms with Gasteiger partial charge in [-0.1, -0.05) is 36.8 Å². The molecule has 1 amide bonds. The van der Waals surface area contributed by atoms with E-state index in [0.717, 1.165) is 37.1 Å². The van der Waals surface area contributed by atoms with Crippen molar-refractivity contribution in [2.24, 2.45) is 0 Å². The van der Waals surface area contributed by atoms with Crippen LogP contribution in [0.25, 0.3) is 10.9 Å². The zero-order chi connectivity index (χ0) is 20.2. The number of carbonyl (C=O) groups is 1. The van der Waals surface area contributed by atoms with Gasteiger partial charge in [0.25, 0.3) is 11.5 Å². The monoisotopic (exact) mass is 391 g/mol. The molecule has 150 valence electrons. The van der Waals surface area contributed by atoms with Crippen LogP contribution in [-0.4, -0.2) is 34.0 Å². The first-order chi connectivity index (χ1) is 14.1. The van der Waals surface area contributed by atoms with Gasteiger partial charge in [0.15, 0.2) is 6.61 Å². The summed E-state index contributed by atoms with van der Waals surface area (Å²) in [7, 11) is 1.75. The molecule has 0 unspecified atom stereocenters. The molecule has 0 saturated heterocycles. The van der Waals surface area contributed by atoms with E-state index >= 15 is 0 Å². The highest BCUT2D eigenvalue weighted by molar-refractivity contribution is 5.80. The normalized spacial score (nSPS) is 13.6. The SMILES string of the molecule is CN(Cc1ccccc1)C(=O)COc1ccc2nc3n(c(=O)c2c1)CCCCC3. The fourth-order valence-corrected chi connectivity index (χ4v) is 3.69. The number of aromatic nitrogens is 2. The van der Waals surface area contributed by atoms with E-state index in [2.05, 4.69) is 4.98 Å². The second kappa shape index (κ2) is 8.47. The highest BCUT2D eigenvalue weighted by Crippen LogP contribution is 2.20. The van der Waals surface area contributed by atoms with Crippen LogP contribution in [0.15, 0.2) is 53.3 Å². The zero-order valence-electron chi connectivity index (χ0n) is 16.6. The Hall–Kier alpha value is -3.15. The van der Waals surface area contributed by atoms with Crippen molar-refractivity contribution >= 4 is 16.8 Å². The Labute approximate surface area is 169 Å². The maximum atomic E-state index is 12.9. The van der Waals surface area contributed by atoms with Gasteiger partial charge in [0, 0.05) is 26.6 Å². The third-order valence-electron chi connectivity index (χ3n) is 5.34. The Balaban J connectivity index is 1.47. The molecule has 4 rings (SSSR count). The lowest BCUT2D eigenvalue weighted by Gasteiger charge is -2.17. The number of rotatable bonds is 5. The quantitative estimate of drug-likeness (QED) is 0.670. The van der Waals surface area contributed by atoms with Crippen molar-refractivity contribution in [2.45, 2.75) is 38.8 Å². The Morgan fingerprint density at radius 2 is 1.97 bits per heavy atom. The summed E-state index contributed by atoms with van der Waals surface area (Å²) in [5, 5.41) is 0.540. The van der Waals surface area contributed by atoms with Crippen LogP contribution in [-0.2, 0) is 24.3 Å². The van der Waals surface area contributed by atoms with Gasteiger partial charge in [-0.25, -0.2) is 4.98 Å². The molecule has 0 spiro atoms. The molecule has 2 heterocycles. The summed E-state index contributed by atoms with van der Waals surface area (Å²) in [6, 6.07) is 15.1. The lowest BCUT2D eigenvalue weighted by atomic mass is 10.2. The lowest BCUT2D eigenvalue weighted by molar-refractivity contribution is -0.132. The lowest BCUT2D eigenvalue weighted by Crippen LogP contribution is -2.31. The molecular weight excluding hydrogens is 366 g/mol. The Morgan fingerprint density at radius 3 is 2.79 bits per heavy atom. The third-order valence-corrected chi connectivity index (χ3v) is 5.34. The summed E-state index contributed by atoms with van der Waals surface area (Å²) in [6.45, 7) is 1.16. The first kappa shape index (κ1) is 19.2. The second-order valence-corrected chi connectivity index (χ2v) is 7.50. The van der Waals surface area contributed by atoms with Gasteiger partial charge < -0.3 is 9.64 Å². The minimum Gasteiger partial charge on any atom is -0.484 e. The van der Waals surface area contributed by atoms with Gasteiger partial charge in [0.05, 0.1) is 10.9 Å². The Bertz CT molecular complexity index is 1080. The maximum Gasteiger partial charge on any atom is 0.261 e. The number of hydrogen-bond donors (Lipinski definition) is 0. The predicted octanol–water partition coefficient (Wildman–Crippen LogP) is 3.16. The molecular formula is C23H25N3O3. The summed E-state index contributed by atoms with van der Waals surface area (Å²) >= 11 is 0. The standard InChI is InChI=1S/C23H25N3O3/c1-25(15-17-8-4-2-5-9-17)22(27)16-29-18-11-12-20-19(14-18)23(28)26-13-7-3-6-10-21(26)24-20/h2,4-5,8-9,11-12,14H,3,6-7,10,13,15-16H2,1H3. The number of aryl methyl sites for hydroxylation is 1. The van der Waals surface area contributed by atoms with E-state index in [1.54, 1.807) is 34.7 Å². The van der Waals surface area contributed by atoms with Crippen molar-refractivity contribution in [1.82, 2.24) is 14.5 Å². The third kappa shape index (κ3) is 4.31. The average Bonchev–Trinajstić information content (AvgIpc) is 2.99. The van der Waals surface area contributed by atoms with E-state index in [1.807, 2.05) is 30.3 Å². The predicted molar refractivity (Wildman–Crippen MR) is 112 cm³/mol. The number of ether oxygens (including phenoxy) is 1. The number of benzene rings is 2. The minimum atomic E-state index is -0.120. The molecule has 0 bridgehead atoms. The van der Waals surface area contributed by atoms with Gasteiger partial charge in [0.1, 0.15) is 11.6 Å². The van der Waals surface area contributed by atoms with Crippen LogP contribution in [0.3, 0.4) is 0 Å². The van der Waals surface area contributed by atoms with Gasteiger partial charge in [-0.3, -0.25) is 14.2 Å². The van der Waals surface area contributed by atoms with E-state index in [4.69, 9.17) is 4.74 Å². The van der Waals surface area contributed by atoms with Gasteiger partial charge in [-0.05, 0) is 36.6 Å². The van der Waals surface area contributed by atoms with E-state index in [-0.39, 0.29) is 18.1 Å². The van der Waals surface area contributed by atoms with E-state index in [9.17, 15) is 9.59 Å². The van der Waals surface area contributed by atoms with Crippen molar-refractivity contribution in [2.75, 3.05) is 13.7 Å². The highest BCUT2D eigenvalue weighted by Gasteiger charge is 2.15. The first-order valence-electron chi connectivity index (χ1n) is 10.1. The molecule has 6 heteroatoms. The Kier molecular flexibility index (Phi) is 5.60. The first-order valence-corrected chi connectivity index (χ1v) is 10.1. The second-order valence-electron chi connectivity index (χ2n) is 7.50. The number of likely N-dealkylation sites (N-methyl/N-ethyl adjacent to an activating group) is 1. The van der Waals surface area contributed by atoms with E-state index in [0.29, 0.717) is 29.7 Å². The summed E-state index contributed by atoms with van der Waals surface area (Å²) in [6.07, 6.45) is 4.02. The largest absolute Gasteiger partial charge is 0.484 e. The number of carbonyl (C=O) groups excluding carboxylic acids is 1. The fraction of sp³-hybridized carbons (Fsp3) is 0.348. The summed E-state index contributed by atoms with van der Waals surface area (Å²) in [5.41, 5.74) is 1.72. The molecule has 2 aromatic carbocycles. The zero-order valence-corrected chi connectivity index (χ0v) is 16.6. The van der Waals surface area contributed by atoms with Gasteiger partial charge in [0.2, 0.25) is 0 Å². The molecule has 1 aromatic heterocycles. The van der Waals surface area contributed by atoms with Crippen LogP contribution in [0.5, 0.6) is 5.75 Å². The summed E-state index contributed by atoms with van der Waals surface area (Å²) in [4.78, 5) is 31.6. The molecule has 0 saturated carbocycles. The van der Waals surface area contributed by atoms with E-state index < -0.39 is 0 Å².